The smallest absolute Gasteiger partial charge is 0.329 e. The van der Waals surface area contributed by atoms with Crippen LogP contribution in [0, 0.1) is 0 Å². The average Bonchev–Trinajstić information content (AvgIpc) is 2.76. The molecule has 1 heterocycles. The van der Waals surface area contributed by atoms with E-state index in [1.54, 1.807) is 30.3 Å². The molecule has 1 fully saturated rings. The number of piperidine rings is 1. The SMILES string of the molecule is O=C(NC1=CC=C(c2ccccc2)C(Cl)(OC(F)(F)F)C1)C1CCCCN1C(=O)COC(F)(F)F. The van der Waals surface area contributed by atoms with Crippen molar-refractivity contribution < 1.29 is 45.4 Å². The van der Waals surface area contributed by atoms with Crippen molar-refractivity contribution in [1.82, 2.24) is 10.2 Å². The molecule has 192 valence electrons. The Morgan fingerprint density at radius 1 is 1.06 bits per heavy atom. The van der Waals surface area contributed by atoms with Gasteiger partial charge in [0.1, 0.15) is 12.6 Å². The first-order valence-corrected chi connectivity index (χ1v) is 10.9. The highest BCUT2D eigenvalue weighted by Gasteiger charge is 2.47. The number of carbonyl (C=O) groups is 2. The highest BCUT2D eigenvalue weighted by molar-refractivity contribution is 6.29. The lowest BCUT2D eigenvalue weighted by molar-refractivity contribution is -0.342. The molecule has 0 radical (unpaired) electrons. The number of carbonyl (C=O) groups excluding carboxylic acids is 2. The molecule has 1 aliphatic carbocycles. The molecule has 6 nitrogen and oxygen atoms in total. The van der Waals surface area contributed by atoms with E-state index in [2.05, 4.69) is 14.8 Å². The fourth-order valence-electron chi connectivity index (χ4n) is 3.97. The monoisotopic (exact) mass is 526 g/mol. The third kappa shape index (κ3) is 7.45. The molecule has 1 N–H and O–H groups in total. The van der Waals surface area contributed by atoms with Crippen molar-refractivity contribution in [3.63, 3.8) is 0 Å². The first-order valence-electron chi connectivity index (χ1n) is 10.5. The van der Waals surface area contributed by atoms with Crippen molar-refractivity contribution in [2.24, 2.45) is 0 Å². The van der Waals surface area contributed by atoms with Crippen LogP contribution in [0.5, 0.6) is 0 Å². The van der Waals surface area contributed by atoms with Gasteiger partial charge in [0, 0.05) is 24.2 Å². The number of allylic oxidation sites excluding steroid dienone is 2. The Bertz CT molecular complexity index is 996. The Labute approximate surface area is 201 Å². The Kier molecular flexibility index (Phi) is 8.17. The molecule has 0 saturated carbocycles. The fraction of sp³-hybridized carbons (Fsp3) is 0.455. The molecule has 0 aromatic heterocycles. The van der Waals surface area contributed by atoms with Crippen LogP contribution in [0.3, 0.4) is 0 Å². The number of ether oxygens (including phenoxy) is 2. The number of nitrogens with one attached hydrogen (secondary N) is 1. The van der Waals surface area contributed by atoms with E-state index in [1.165, 1.54) is 12.2 Å². The highest BCUT2D eigenvalue weighted by Crippen LogP contribution is 2.45. The summed E-state index contributed by atoms with van der Waals surface area (Å²) in [6, 6.07) is 6.87. The number of amides is 2. The van der Waals surface area contributed by atoms with E-state index in [-0.39, 0.29) is 24.2 Å². The van der Waals surface area contributed by atoms with Gasteiger partial charge >= 0.3 is 12.7 Å². The molecule has 3 rings (SSSR count). The van der Waals surface area contributed by atoms with E-state index in [1.807, 2.05) is 0 Å². The van der Waals surface area contributed by atoms with Crippen LogP contribution >= 0.6 is 11.6 Å². The Hall–Kier alpha value is -2.57. The lowest BCUT2D eigenvalue weighted by Gasteiger charge is -2.37. The first-order chi connectivity index (χ1) is 16.3. The van der Waals surface area contributed by atoms with Gasteiger partial charge in [-0.15, -0.1) is 26.3 Å². The van der Waals surface area contributed by atoms with Crippen molar-refractivity contribution in [1.29, 1.82) is 0 Å². The number of halogens is 7. The third-order valence-corrected chi connectivity index (χ3v) is 5.82. The maximum absolute atomic E-state index is 13.2. The average molecular weight is 527 g/mol. The van der Waals surface area contributed by atoms with Gasteiger partial charge < -0.3 is 10.2 Å². The topological polar surface area (TPSA) is 67.9 Å². The molecule has 2 atom stereocenters. The van der Waals surface area contributed by atoms with Gasteiger partial charge in [-0.3, -0.25) is 19.1 Å². The van der Waals surface area contributed by atoms with Crippen LogP contribution < -0.4 is 5.32 Å². The van der Waals surface area contributed by atoms with E-state index < -0.39 is 48.7 Å². The van der Waals surface area contributed by atoms with Gasteiger partial charge in [-0.1, -0.05) is 48.0 Å². The van der Waals surface area contributed by atoms with Gasteiger partial charge in [0.15, 0.2) is 5.06 Å². The Morgan fingerprint density at radius 2 is 1.74 bits per heavy atom. The molecule has 2 aliphatic rings. The van der Waals surface area contributed by atoms with Gasteiger partial charge in [-0.2, -0.15) is 0 Å². The molecule has 2 amide bonds. The lowest BCUT2D eigenvalue weighted by atomic mass is 9.92. The molecular weight excluding hydrogens is 506 g/mol. The summed E-state index contributed by atoms with van der Waals surface area (Å²) in [5.74, 6) is -1.79. The maximum Gasteiger partial charge on any atom is 0.524 e. The molecule has 1 aliphatic heterocycles. The summed E-state index contributed by atoms with van der Waals surface area (Å²) >= 11 is 6.30. The second-order valence-corrected chi connectivity index (χ2v) is 8.52. The summed E-state index contributed by atoms with van der Waals surface area (Å²) in [6.07, 6.45) is -6.87. The minimum absolute atomic E-state index is 0.0153. The molecule has 1 aromatic rings. The number of benzene rings is 1. The van der Waals surface area contributed by atoms with Crippen LogP contribution in [-0.4, -0.2) is 53.7 Å². The van der Waals surface area contributed by atoms with Crippen molar-refractivity contribution in [2.45, 2.75) is 49.5 Å². The zero-order chi connectivity index (χ0) is 25.9. The molecular formula is C22H21ClF6N2O4. The lowest BCUT2D eigenvalue weighted by Crippen LogP contribution is -2.53. The predicted molar refractivity (Wildman–Crippen MR) is 112 cm³/mol. The Balaban J connectivity index is 1.79. The van der Waals surface area contributed by atoms with Gasteiger partial charge in [-0.25, -0.2) is 0 Å². The molecule has 1 aromatic carbocycles. The number of hydrogen-bond acceptors (Lipinski definition) is 4. The van der Waals surface area contributed by atoms with Crippen LogP contribution in [0.2, 0.25) is 0 Å². The summed E-state index contributed by atoms with van der Waals surface area (Å²) in [4.78, 5) is 26.1. The van der Waals surface area contributed by atoms with E-state index >= 15 is 0 Å². The van der Waals surface area contributed by atoms with Crippen LogP contribution in [0.15, 0.2) is 48.2 Å². The van der Waals surface area contributed by atoms with E-state index in [9.17, 15) is 35.9 Å². The molecule has 0 bridgehead atoms. The van der Waals surface area contributed by atoms with Crippen molar-refractivity contribution in [2.75, 3.05) is 13.2 Å². The van der Waals surface area contributed by atoms with Crippen molar-refractivity contribution in [3.05, 3.63) is 53.7 Å². The van der Waals surface area contributed by atoms with Crippen LogP contribution in [0.25, 0.3) is 5.57 Å². The predicted octanol–water partition coefficient (Wildman–Crippen LogP) is 4.86. The zero-order valence-electron chi connectivity index (χ0n) is 18.1. The number of nitrogens with zero attached hydrogens (tertiary/aromatic N) is 1. The maximum atomic E-state index is 13.2. The summed E-state index contributed by atoms with van der Waals surface area (Å²) in [5, 5.41) is 0.0583. The van der Waals surface area contributed by atoms with Crippen LogP contribution in [0.4, 0.5) is 26.3 Å². The molecule has 13 heteroatoms. The minimum Gasteiger partial charge on any atom is -0.329 e. The fourth-order valence-corrected chi connectivity index (χ4v) is 4.37. The Morgan fingerprint density at radius 3 is 2.37 bits per heavy atom. The highest BCUT2D eigenvalue weighted by atomic mass is 35.5. The minimum atomic E-state index is -5.09. The van der Waals surface area contributed by atoms with Crippen LogP contribution in [0.1, 0.15) is 31.2 Å². The van der Waals surface area contributed by atoms with Gasteiger partial charge in [0.05, 0.1) is 0 Å². The van der Waals surface area contributed by atoms with E-state index in [0.29, 0.717) is 18.4 Å². The summed E-state index contributed by atoms with van der Waals surface area (Å²) < 4.78 is 84.2. The van der Waals surface area contributed by atoms with Gasteiger partial charge in [0.25, 0.3) is 0 Å². The normalized spacial score (nSPS) is 23.4. The second-order valence-electron chi connectivity index (χ2n) is 7.91. The zero-order valence-corrected chi connectivity index (χ0v) is 18.8. The van der Waals surface area contributed by atoms with E-state index in [0.717, 1.165) is 4.90 Å². The summed E-state index contributed by atoms with van der Waals surface area (Å²) in [7, 11) is 0. The standard InChI is InChI=1S/C22H21ClF6N2O4/c23-20(35-22(27,28)29)12-15(9-10-16(20)14-6-2-1-3-7-14)30-19(33)17-8-4-5-11-31(17)18(32)13-34-21(24,25)26/h1-3,6-7,9-10,17H,4-5,8,11-13H2,(H,30,33). The van der Waals surface area contributed by atoms with Crippen LogP contribution in [-0.2, 0) is 19.1 Å². The van der Waals surface area contributed by atoms with Gasteiger partial charge in [0.2, 0.25) is 11.8 Å². The molecule has 35 heavy (non-hydrogen) atoms. The number of rotatable bonds is 6. The summed E-state index contributed by atoms with van der Waals surface area (Å²) in [6.45, 7) is -1.25. The molecule has 0 spiro atoms. The quantitative estimate of drug-likeness (QED) is 0.424. The molecule has 1 saturated heterocycles. The molecule has 2 unspecified atom stereocenters. The van der Waals surface area contributed by atoms with Gasteiger partial charge in [-0.05, 0) is 30.9 Å². The van der Waals surface area contributed by atoms with Crippen molar-refractivity contribution >= 4 is 29.0 Å². The number of likely N-dealkylation sites (tertiary alicyclic amines) is 1. The first kappa shape index (κ1) is 27.0. The summed E-state index contributed by atoms with van der Waals surface area (Å²) in [5.41, 5.74) is 0.384. The number of hydrogen-bond donors (Lipinski definition) is 1. The van der Waals surface area contributed by atoms with E-state index in [4.69, 9.17) is 11.6 Å². The number of alkyl halides is 7. The van der Waals surface area contributed by atoms with Crippen molar-refractivity contribution in [3.8, 4) is 0 Å². The second kappa shape index (κ2) is 10.6. The third-order valence-electron chi connectivity index (χ3n) is 5.40. The largest absolute Gasteiger partial charge is 0.524 e.